The number of nitrogens with one attached hydrogen (secondary N) is 1. The fourth-order valence-electron chi connectivity index (χ4n) is 2.15. The number of rotatable bonds is 7. The summed E-state index contributed by atoms with van der Waals surface area (Å²) >= 11 is 5.76. The van der Waals surface area contributed by atoms with Gasteiger partial charge in [-0.3, -0.25) is 9.59 Å². The molecule has 0 aliphatic heterocycles. The molecule has 1 atom stereocenters. The van der Waals surface area contributed by atoms with Crippen LogP contribution in [0.1, 0.15) is 16.8 Å². The molecule has 0 saturated carbocycles. The van der Waals surface area contributed by atoms with E-state index in [4.69, 9.17) is 17.3 Å². The van der Waals surface area contributed by atoms with E-state index in [0.717, 1.165) is 0 Å². The molecule has 0 heterocycles. The quantitative estimate of drug-likeness (QED) is 0.763. The van der Waals surface area contributed by atoms with Crippen LogP contribution in [0.5, 0.6) is 0 Å². The Kier molecular flexibility index (Phi) is 6.17. The molecule has 0 fully saturated rings. The summed E-state index contributed by atoms with van der Waals surface area (Å²) in [6.07, 6.45) is -0.119. The molecule has 2 rings (SSSR count). The zero-order valence-corrected chi connectivity index (χ0v) is 14.8. The van der Waals surface area contributed by atoms with E-state index in [9.17, 15) is 18.0 Å². The summed E-state index contributed by atoms with van der Waals surface area (Å²) in [5.41, 5.74) is 5.58. The van der Waals surface area contributed by atoms with Crippen LogP contribution in [0.25, 0.3) is 0 Å². The highest BCUT2D eigenvalue weighted by Crippen LogP contribution is 2.13. The summed E-state index contributed by atoms with van der Waals surface area (Å²) in [6.45, 7) is 0. The molecule has 0 aliphatic rings. The van der Waals surface area contributed by atoms with Crippen molar-refractivity contribution in [3.05, 3.63) is 65.2 Å². The number of hydrogen-bond acceptors (Lipinski definition) is 4. The number of hydrogen-bond donors (Lipinski definition) is 2. The molecule has 3 N–H and O–H groups in total. The van der Waals surface area contributed by atoms with Crippen molar-refractivity contribution in [3.63, 3.8) is 0 Å². The lowest BCUT2D eigenvalue weighted by molar-refractivity contribution is -0.119. The number of carbonyl (C=O) groups is 2. The first-order valence-electron chi connectivity index (χ1n) is 7.43. The van der Waals surface area contributed by atoms with Gasteiger partial charge in [-0.25, -0.2) is 8.42 Å². The van der Waals surface area contributed by atoms with Crippen molar-refractivity contribution in [3.8, 4) is 0 Å². The van der Waals surface area contributed by atoms with Crippen LogP contribution in [0, 0.1) is 0 Å². The smallest absolute Gasteiger partial charge is 0.251 e. The highest BCUT2D eigenvalue weighted by Gasteiger charge is 2.23. The Labute approximate surface area is 150 Å². The van der Waals surface area contributed by atoms with E-state index in [0.29, 0.717) is 10.6 Å². The van der Waals surface area contributed by atoms with E-state index in [1.165, 1.54) is 36.4 Å². The van der Waals surface area contributed by atoms with Crippen LogP contribution in [0.4, 0.5) is 0 Å². The molecular formula is C17H17ClN2O4S. The Hall–Kier alpha value is -2.38. The van der Waals surface area contributed by atoms with Crippen molar-refractivity contribution in [1.82, 2.24) is 5.32 Å². The Morgan fingerprint density at radius 1 is 1.04 bits per heavy atom. The average Bonchev–Trinajstić information content (AvgIpc) is 2.59. The third kappa shape index (κ3) is 5.30. The molecule has 0 aromatic heterocycles. The van der Waals surface area contributed by atoms with Crippen molar-refractivity contribution in [2.24, 2.45) is 5.73 Å². The first-order valence-corrected chi connectivity index (χ1v) is 9.46. The maximum absolute atomic E-state index is 12.3. The minimum Gasteiger partial charge on any atom is -0.368 e. The molecular weight excluding hydrogens is 364 g/mol. The van der Waals surface area contributed by atoms with Crippen molar-refractivity contribution in [1.29, 1.82) is 0 Å². The number of primary amides is 1. The molecule has 8 heteroatoms. The number of halogens is 1. The third-order valence-corrected chi connectivity index (χ3v) is 5.55. The van der Waals surface area contributed by atoms with E-state index in [-0.39, 0.29) is 17.1 Å². The Bertz CT molecular complexity index is 852. The van der Waals surface area contributed by atoms with Crippen molar-refractivity contribution >= 4 is 33.3 Å². The molecule has 6 nitrogen and oxygen atoms in total. The molecule has 2 aromatic carbocycles. The van der Waals surface area contributed by atoms with Gasteiger partial charge in [-0.15, -0.1) is 0 Å². The number of nitrogens with two attached hydrogens (primary N) is 1. The van der Waals surface area contributed by atoms with Gasteiger partial charge in [0.05, 0.1) is 10.6 Å². The highest BCUT2D eigenvalue weighted by molar-refractivity contribution is 7.91. The van der Waals surface area contributed by atoms with Gasteiger partial charge in [0.15, 0.2) is 9.84 Å². The SMILES string of the molecule is NC(=O)[C@H](CCS(=O)(=O)c1ccccc1)NC(=O)c1ccc(Cl)cc1. The van der Waals surface area contributed by atoms with Crippen LogP contribution in [0.2, 0.25) is 5.02 Å². The molecule has 2 aromatic rings. The third-order valence-electron chi connectivity index (χ3n) is 3.53. The first-order chi connectivity index (χ1) is 11.8. The normalized spacial score (nSPS) is 12.4. The van der Waals surface area contributed by atoms with Gasteiger partial charge in [0.1, 0.15) is 6.04 Å². The monoisotopic (exact) mass is 380 g/mol. The maximum Gasteiger partial charge on any atom is 0.251 e. The van der Waals surface area contributed by atoms with Crippen LogP contribution in [-0.4, -0.2) is 32.0 Å². The second-order valence-electron chi connectivity index (χ2n) is 5.36. The second kappa shape index (κ2) is 8.13. The van der Waals surface area contributed by atoms with Crippen LogP contribution < -0.4 is 11.1 Å². The van der Waals surface area contributed by atoms with Crippen LogP contribution in [-0.2, 0) is 14.6 Å². The Balaban J connectivity index is 2.05. The molecule has 132 valence electrons. The predicted octanol–water partition coefficient (Wildman–Crippen LogP) is 1.79. The second-order valence-corrected chi connectivity index (χ2v) is 7.90. The zero-order chi connectivity index (χ0) is 18.4. The first kappa shape index (κ1) is 19.0. The summed E-state index contributed by atoms with van der Waals surface area (Å²) in [4.78, 5) is 23.9. The standard InChI is InChI=1S/C17H17ClN2O4S/c18-13-8-6-12(7-9-13)17(22)20-15(16(19)21)10-11-25(23,24)14-4-2-1-3-5-14/h1-9,15H,10-11H2,(H2,19,21)(H,20,22)/t15-/m0/s1. The molecule has 0 saturated heterocycles. The van der Waals surface area contributed by atoms with Crippen LogP contribution in [0.15, 0.2) is 59.5 Å². The average molecular weight is 381 g/mol. The van der Waals surface area contributed by atoms with Gasteiger partial charge in [-0.1, -0.05) is 29.8 Å². The lowest BCUT2D eigenvalue weighted by atomic mass is 10.1. The summed E-state index contributed by atoms with van der Waals surface area (Å²) in [6, 6.07) is 12.8. The molecule has 0 radical (unpaired) electrons. The molecule has 0 spiro atoms. The van der Waals surface area contributed by atoms with Crippen molar-refractivity contribution in [2.45, 2.75) is 17.4 Å². The lowest BCUT2D eigenvalue weighted by Crippen LogP contribution is -2.45. The maximum atomic E-state index is 12.3. The number of carbonyl (C=O) groups excluding carboxylic acids is 2. The zero-order valence-electron chi connectivity index (χ0n) is 13.2. The largest absolute Gasteiger partial charge is 0.368 e. The molecule has 0 aliphatic carbocycles. The Morgan fingerprint density at radius 3 is 2.20 bits per heavy atom. The van der Waals surface area contributed by atoms with Crippen LogP contribution in [0.3, 0.4) is 0 Å². The van der Waals surface area contributed by atoms with Gasteiger partial charge in [0.25, 0.3) is 5.91 Å². The summed E-state index contributed by atoms with van der Waals surface area (Å²) < 4.78 is 24.5. The van der Waals surface area contributed by atoms with E-state index < -0.39 is 27.7 Å². The fourth-order valence-corrected chi connectivity index (χ4v) is 3.63. The van der Waals surface area contributed by atoms with E-state index in [1.807, 2.05) is 0 Å². The van der Waals surface area contributed by atoms with Gasteiger partial charge in [0.2, 0.25) is 5.91 Å². The van der Waals surface area contributed by atoms with Gasteiger partial charge in [-0.05, 0) is 42.8 Å². The summed E-state index contributed by atoms with van der Waals surface area (Å²) in [5, 5.41) is 2.92. The molecule has 0 bridgehead atoms. The number of benzene rings is 2. The Morgan fingerprint density at radius 2 is 1.64 bits per heavy atom. The van der Waals surface area contributed by atoms with Crippen molar-refractivity contribution in [2.75, 3.05) is 5.75 Å². The minimum atomic E-state index is -3.57. The van der Waals surface area contributed by atoms with Crippen molar-refractivity contribution < 1.29 is 18.0 Å². The van der Waals surface area contributed by atoms with E-state index in [2.05, 4.69) is 5.32 Å². The van der Waals surface area contributed by atoms with Gasteiger partial charge in [0, 0.05) is 10.6 Å². The topological polar surface area (TPSA) is 106 Å². The van der Waals surface area contributed by atoms with Gasteiger partial charge < -0.3 is 11.1 Å². The fraction of sp³-hybridized carbons (Fsp3) is 0.176. The minimum absolute atomic E-state index is 0.119. The summed E-state index contributed by atoms with van der Waals surface area (Å²) in [5.74, 6) is -1.64. The summed E-state index contributed by atoms with van der Waals surface area (Å²) in [7, 11) is -3.57. The lowest BCUT2D eigenvalue weighted by Gasteiger charge is -2.15. The molecule has 2 amide bonds. The molecule has 0 unspecified atom stereocenters. The number of amides is 2. The predicted molar refractivity (Wildman–Crippen MR) is 95.0 cm³/mol. The number of sulfone groups is 1. The molecule has 25 heavy (non-hydrogen) atoms. The van der Waals surface area contributed by atoms with E-state index in [1.54, 1.807) is 18.2 Å². The highest BCUT2D eigenvalue weighted by atomic mass is 35.5. The van der Waals surface area contributed by atoms with E-state index >= 15 is 0 Å². The van der Waals surface area contributed by atoms with Gasteiger partial charge in [-0.2, -0.15) is 0 Å². The van der Waals surface area contributed by atoms with Crippen LogP contribution >= 0.6 is 11.6 Å². The van der Waals surface area contributed by atoms with Gasteiger partial charge >= 0.3 is 0 Å².